The minimum absolute atomic E-state index is 0.139. The number of aromatic nitrogens is 1. The molecule has 0 unspecified atom stereocenters. The molecule has 3 amide bonds. The summed E-state index contributed by atoms with van der Waals surface area (Å²) in [6.07, 6.45) is 1.37. The van der Waals surface area contributed by atoms with Gasteiger partial charge in [0.05, 0.1) is 6.54 Å². The second-order valence-corrected chi connectivity index (χ2v) is 5.11. The Balaban J connectivity index is 1.80. The van der Waals surface area contributed by atoms with E-state index in [1.807, 2.05) is 0 Å². The van der Waals surface area contributed by atoms with E-state index in [0.717, 1.165) is 5.56 Å². The van der Waals surface area contributed by atoms with Gasteiger partial charge in [-0.1, -0.05) is 12.1 Å². The molecule has 1 heterocycles. The van der Waals surface area contributed by atoms with Gasteiger partial charge < -0.3 is 21.1 Å². The maximum atomic E-state index is 11.8. The highest BCUT2D eigenvalue weighted by Crippen LogP contribution is 2.11. The molecule has 130 valence electrons. The smallest absolute Gasteiger partial charge is 0.274 e. The second-order valence-electron chi connectivity index (χ2n) is 5.11. The number of rotatable bonds is 6. The number of amides is 3. The van der Waals surface area contributed by atoms with E-state index in [2.05, 4.69) is 20.9 Å². The Morgan fingerprint density at radius 2 is 1.76 bits per heavy atom. The third-order valence-corrected chi connectivity index (χ3v) is 3.34. The van der Waals surface area contributed by atoms with E-state index in [1.165, 1.54) is 18.3 Å². The van der Waals surface area contributed by atoms with Crippen LogP contribution in [-0.4, -0.2) is 41.4 Å². The van der Waals surface area contributed by atoms with E-state index in [-0.39, 0.29) is 36.3 Å². The van der Waals surface area contributed by atoms with Crippen LogP contribution in [0.15, 0.2) is 42.6 Å². The number of nitrogens with zero attached hydrogens (tertiary/aromatic N) is 1. The van der Waals surface area contributed by atoms with E-state index in [9.17, 15) is 19.5 Å². The van der Waals surface area contributed by atoms with Crippen molar-refractivity contribution in [3.8, 4) is 5.75 Å². The van der Waals surface area contributed by atoms with Crippen molar-refractivity contribution in [2.24, 2.45) is 0 Å². The Labute approximate surface area is 144 Å². The Bertz CT molecular complexity index is 774. The SMILES string of the molecule is CNC(=O)c1ccc(CNC(=O)CNC(=O)c2ncccc2O)cc1. The van der Waals surface area contributed by atoms with Crippen LogP contribution in [0.5, 0.6) is 5.75 Å². The van der Waals surface area contributed by atoms with Crippen LogP contribution >= 0.6 is 0 Å². The number of hydrogen-bond donors (Lipinski definition) is 4. The lowest BCUT2D eigenvalue weighted by atomic mass is 10.1. The zero-order chi connectivity index (χ0) is 18.2. The van der Waals surface area contributed by atoms with Crippen molar-refractivity contribution < 1.29 is 19.5 Å². The molecule has 25 heavy (non-hydrogen) atoms. The zero-order valence-corrected chi connectivity index (χ0v) is 13.6. The fourth-order valence-electron chi connectivity index (χ4n) is 2.00. The minimum atomic E-state index is -0.636. The van der Waals surface area contributed by atoms with E-state index in [0.29, 0.717) is 5.56 Å². The van der Waals surface area contributed by atoms with Gasteiger partial charge in [0.2, 0.25) is 5.91 Å². The molecule has 0 fully saturated rings. The van der Waals surface area contributed by atoms with Gasteiger partial charge in [-0.05, 0) is 29.8 Å². The van der Waals surface area contributed by atoms with Crippen LogP contribution in [0.1, 0.15) is 26.4 Å². The largest absolute Gasteiger partial charge is 0.505 e. The van der Waals surface area contributed by atoms with E-state index in [1.54, 1.807) is 31.3 Å². The molecule has 0 saturated heterocycles. The fraction of sp³-hybridized carbons (Fsp3) is 0.176. The van der Waals surface area contributed by atoms with Crippen molar-refractivity contribution in [2.75, 3.05) is 13.6 Å². The van der Waals surface area contributed by atoms with Crippen molar-refractivity contribution in [1.82, 2.24) is 20.9 Å². The molecule has 8 heteroatoms. The number of benzene rings is 1. The lowest BCUT2D eigenvalue weighted by Gasteiger charge is -2.08. The molecule has 0 bridgehead atoms. The molecular formula is C17H18N4O4. The van der Waals surface area contributed by atoms with Crippen molar-refractivity contribution in [3.63, 3.8) is 0 Å². The molecule has 0 aliphatic heterocycles. The van der Waals surface area contributed by atoms with Gasteiger partial charge in [0.1, 0.15) is 5.75 Å². The second kappa shape index (κ2) is 8.44. The van der Waals surface area contributed by atoms with Crippen molar-refractivity contribution in [1.29, 1.82) is 0 Å². The molecule has 2 rings (SSSR count). The van der Waals surface area contributed by atoms with Crippen molar-refractivity contribution in [2.45, 2.75) is 6.54 Å². The van der Waals surface area contributed by atoms with Gasteiger partial charge >= 0.3 is 0 Å². The molecule has 0 aliphatic rings. The number of hydrogen-bond acceptors (Lipinski definition) is 5. The van der Waals surface area contributed by atoms with Crippen molar-refractivity contribution in [3.05, 3.63) is 59.4 Å². The van der Waals surface area contributed by atoms with Crippen LogP contribution < -0.4 is 16.0 Å². The average Bonchev–Trinajstić information content (AvgIpc) is 2.64. The molecule has 8 nitrogen and oxygen atoms in total. The van der Waals surface area contributed by atoms with Crippen LogP contribution in [-0.2, 0) is 11.3 Å². The molecule has 0 atom stereocenters. The number of carbonyl (C=O) groups excluding carboxylic acids is 3. The normalized spacial score (nSPS) is 9.96. The molecule has 0 radical (unpaired) electrons. The number of aromatic hydroxyl groups is 1. The first-order valence-corrected chi connectivity index (χ1v) is 7.51. The highest BCUT2D eigenvalue weighted by atomic mass is 16.3. The van der Waals surface area contributed by atoms with Crippen LogP contribution in [0.2, 0.25) is 0 Å². The third kappa shape index (κ3) is 5.03. The van der Waals surface area contributed by atoms with Crippen LogP contribution in [0, 0.1) is 0 Å². The summed E-state index contributed by atoms with van der Waals surface area (Å²) in [7, 11) is 1.55. The van der Waals surface area contributed by atoms with E-state index in [4.69, 9.17) is 0 Å². The van der Waals surface area contributed by atoms with Gasteiger partial charge in [0.15, 0.2) is 5.69 Å². The summed E-state index contributed by atoms with van der Waals surface area (Å²) >= 11 is 0. The Morgan fingerprint density at radius 1 is 1.04 bits per heavy atom. The highest BCUT2D eigenvalue weighted by molar-refractivity contribution is 5.97. The maximum absolute atomic E-state index is 11.8. The Kier molecular flexibility index (Phi) is 6.05. The summed E-state index contributed by atoms with van der Waals surface area (Å²) in [4.78, 5) is 38.8. The first-order valence-electron chi connectivity index (χ1n) is 7.51. The summed E-state index contributed by atoms with van der Waals surface area (Å²) < 4.78 is 0. The van der Waals surface area contributed by atoms with Gasteiger partial charge in [-0.15, -0.1) is 0 Å². The summed E-state index contributed by atoms with van der Waals surface area (Å²) in [6.45, 7) is 0.0166. The van der Waals surface area contributed by atoms with Crippen LogP contribution in [0.4, 0.5) is 0 Å². The van der Waals surface area contributed by atoms with Crippen LogP contribution in [0.25, 0.3) is 0 Å². The number of pyridine rings is 1. The molecule has 0 spiro atoms. The molecule has 4 N–H and O–H groups in total. The molecular weight excluding hydrogens is 324 g/mol. The molecule has 0 aliphatic carbocycles. The van der Waals surface area contributed by atoms with E-state index >= 15 is 0 Å². The third-order valence-electron chi connectivity index (χ3n) is 3.34. The van der Waals surface area contributed by atoms with Gasteiger partial charge in [0, 0.05) is 25.4 Å². The Morgan fingerprint density at radius 3 is 2.40 bits per heavy atom. The van der Waals surface area contributed by atoms with Gasteiger partial charge in [0.25, 0.3) is 11.8 Å². The van der Waals surface area contributed by atoms with E-state index < -0.39 is 5.91 Å². The minimum Gasteiger partial charge on any atom is -0.505 e. The summed E-state index contributed by atoms with van der Waals surface area (Å²) in [6, 6.07) is 9.61. The molecule has 2 aromatic rings. The first-order chi connectivity index (χ1) is 12.0. The van der Waals surface area contributed by atoms with Gasteiger partial charge in [-0.25, -0.2) is 4.98 Å². The molecule has 1 aromatic carbocycles. The molecule has 1 aromatic heterocycles. The van der Waals surface area contributed by atoms with Gasteiger partial charge in [-0.2, -0.15) is 0 Å². The Hall–Kier alpha value is -3.42. The number of carbonyl (C=O) groups is 3. The zero-order valence-electron chi connectivity index (χ0n) is 13.6. The van der Waals surface area contributed by atoms with Crippen molar-refractivity contribution >= 4 is 17.7 Å². The maximum Gasteiger partial charge on any atom is 0.274 e. The lowest BCUT2D eigenvalue weighted by molar-refractivity contribution is -0.120. The fourth-order valence-corrected chi connectivity index (χ4v) is 2.00. The monoisotopic (exact) mass is 342 g/mol. The summed E-state index contributed by atoms with van der Waals surface area (Å²) in [5, 5.41) is 17.1. The highest BCUT2D eigenvalue weighted by Gasteiger charge is 2.13. The number of nitrogens with one attached hydrogen (secondary N) is 3. The molecule has 0 saturated carbocycles. The van der Waals surface area contributed by atoms with Crippen LogP contribution in [0.3, 0.4) is 0 Å². The quantitative estimate of drug-likeness (QED) is 0.597. The predicted molar refractivity (Wildman–Crippen MR) is 89.9 cm³/mol. The predicted octanol–water partition coefficient (Wildman–Crippen LogP) is 0.193. The topological polar surface area (TPSA) is 120 Å². The first kappa shape index (κ1) is 17.9. The summed E-state index contributed by atoms with van der Waals surface area (Å²) in [5.41, 5.74) is 1.20. The van der Waals surface area contributed by atoms with Gasteiger partial charge in [-0.3, -0.25) is 14.4 Å². The lowest BCUT2D eigenvalue weighted by Crippen LogP contribution is -2.36. The average molecular weight is 342 g/mol. The summed E-state index contributed by atoms with van der Waals surface area (Å²) in [5.74, 6) is -1.46. The standard InChI is InChI=1S/C17H18N4O4/c1-18-16(24)12-6-4-11(5-7-12)9-20-14(23)10-21-17(25)15-13(22)3-2-8-19-15/h2-8,22H,9-10H2,1H3,(H,18,24)(H,20,23)(H,21,25).